The van der Waals surface area contributed by atoms with Gasteiger partial charge in [-0.1, -0.05) is 56.3 Å². The van der Waals surface area contributed by atoms with Crippen LogP contribution < -0.4 is 10.6 Å². The van der Waals surface area contributed by atoms with E-state index in [9.17, 15) is 9.59 Å². The zero-order valence-corrected chi connectivity index (χ0v) is 15.0. The van der Waals surface area contributed by atoms with Crippen molar-refractivity contribution in [3.05, 3.63) is 65.7 Å². The molecule has 0 bridgehead atoms. The number of nitriles is 1. The number of hydrogen-bond donors (Lipinski definition) is 2. The van der Waals surface area contributed by atoms with Crippen LogP contribution in [0.2, 0.25) is 0 Å². The Hall–Kier alpha value is -3.13. The Bertz CT molecular complexity index is 777. The van der Waals surface area contributed by atoms with Crippen LogP contribution >= 0.6 is 0 Å². The number of rotatable bonds is 7. The molecule has 2 rings (SSSR count). The van der Waals surface area contributed by atoms with Gasteiger partial charge in [0.15, 0.2) is 0 Å². The second-order valence-electron chi connectivity index (χ2n) is 6.53. The van der Waals surface area contributed by atoms with Crippen molar-refractivity contribution >= 4 is 17.5 Å². The first-order valence-corrected chi connectivity index (χ1v) is 8.60. The van der Waals surface area contributed by atoms with E-state index in [0.717, 1.165) is 11.1 Å². The highest BCUT2D eigenvalue weighted by Crippen LogP contribution is 2.17. The number of amides is 2. The molecule has 2 aromatic carbocycles. The number of anilines is 1. The molecule has 2 amide bonds. The van der Waals surface area contributed by atoms with Gasteiger partial charge in [-0.3, -0.25) is 9.59 Å². The molecule has 0 saturated heterocycles. The van der Waals surface area contributed by atoms with E-state index < -0.39 is 6.04 Å². The van der Waals surface area contributed by atoms with Crippen LogP contribution in [0.15, 0.2) is 54.6 Å². The zero-order chi connectivity index (χ0) is 18.9. The highest BCUT2D eigenvalue weighted by atomic mass is 16.2. The fourth-order valence-corrected chi connectivity index (χ4v) is 2.55. The van der Waals surface area contributed by atoms with Gasteiger partial charge in [-0.2, -0.15) is 5.26 Å². The second-order valence-corrected chi connectivity index (χ2v) is 6.53. The van der Waals surface area contributed by atoms with E-state index in [1.54, 1.807) is 24.3 Å². The summed E-state index contributed by atoms with van der Waals surface area (Å²) < 4.78 is 0. The highest BCUT2D eigenvalue weighted by Gasteiger charge is 2.23. The number of benzene rings is 2. The van der Waals surface area contributed by atoms with Crippen molar-refractivity contribution in [2.45, 2.75) is 32.7 Å². The van der Waals surface area contributed by atoms with Gasteiger partial charge >= 0.3 is 0 Å². The smallest absolute Gasteiger partial charge is 0.251 e. The van der Waals surface area contributed by atoms with E-state index in [0.29, 0.717) is 18.5 Å². The maximum Gasteiger partial charge on any atom is 0.251 e. The molecule has 0 heterocycles. The van der Waals surface area contributed by atoms with Crippen LogP contribution in [-0.4, -0.2) is 11.8 Å². The first-order chi connectivity index (χ1) is 12.5. The van der Waals surface area contributed by atoms with Gasteiger partial charge < -0.3 is 10.6 Å². The van der Waals surface area contributed by atoms with Gasteiger partial charge in [0.25, 0.3) is 5.91 Å². The monoisotopic (exact) mass is 349 g/mol. The number of nitrogens with zero attached hydrogens (tertiary/aromatic N) is 1. The fourth-order valence-electron chi connectivity index (χ4n) is 2.55. The molecule has 26 heavy (non-hydrogen) atoms. The van der Waals surface area contributed by atoms with E-state index in [-0.39, 0.29) is 17.7 Å². The third-order valence-electron chi connectivity index (χ3n) is 3.80. The average Bonchev–Trinajstić information content (AvgIpc) is 2.61. The summed E-state index contributed by atoms with van der Waals surface area (Å²) in [5.41, 5.74) is 2.23. The van der Waals surface area contributed by atoms with Crippen LogP contribution in [0.3, 0.4) is 0 Å². The Morgan fingerprint density at radius 1 is 1.04 bits per heavy atom. The molecule has 0 aliphatic carbocycles. The molecule has 0 aliphatic rings. The molecule has 0 saturated carbocycles. The first kappa shape index (κ1) is 19.2. The molecule has 0 fully saturated rings. The van der Waals surface area contributed by atoms with Crippen molar-refractivity contribution in [2.75, 3.05) is 5.32 Å². The van der Waals surface area contributed by atoms with Crippen molar-refractivity contribution in [1.29, 1.82) is 5.26 Å². The van der Waals surface area contributed by atoms with E-state index in [1.807, 2.05) is 44.2 Å². The van der Waals surface area contributed by atoms with Crippen LogP contribution in [0.1, 0.15) is 37.4 Å². The number of carbonyl (C=O) groups excluding carboxylic acids is 2. The maximum absolute atomic E-state index is 12.8. The SMILES string of the molecule is CC(C)CC(=O)N[C@H](C(=O)Nc1ccc(CC#N)cc1)c1ccccc1. The Morgan fingerprint density at radius 3 is 2.27 bits per heavy atom. The van der Waals surface area contributed by atoms with Crippen LogP contribution in [0.5, 0.6) is 0 Å². The predicted octanol–water partition coefficient (Wildman–Crippen LogP) is 3.59. The Kier molecular flexibility index (Phi) is 6.92. The van der Waals surface area contributed by atoms with Crippen molar-refractivity contribution < 1.29 is 9.59 Å². The third kappa shape index (κ3) is 5.75. The minimum absolute atomic E-state index is 0.159. The van der Waals surface area contributed by atoms with Crippen LogP contribution in [0.25, 0.3) is 0 Å². The molecule has 0 unspecified atom stereocenters. The molecule has 134 valence electrons. The van der Waals surface area contributed by atoms with Crippen molar-refractivity contribution in [2.24, 2.45) is 5.92 Å². The number of carbonyl (C=O) groups is 2. The largest absolute Gasteiger partial charge is 0.341 e. The standard InChI is InChI=1S/C21H23N3O2/c1-15(2)14-19(25)24-20(17-6-4-3-5-7-17)21(26)23-18-10-8-16(9-11-18)12-13-22/h3-11,15,20H,12,14H2,1-2H3,(H,23,26)(H,24,25)/t20-/m0/s1. The van der Waals surface area contributed by atoms with Gasteiger partial charge in [0.2, 0.25) is 5.91 Å². The number of hydrogen-bond acceptors (Lipinski definition) is 3. The summed E-state index contributed by atoms with van der Waals surface area (Å²) in [6, 6.07) is 17.6. The van der Waals surface area contributed by atoms with E-state index >= 15 is 0 Å². The van der Waals surface area contributed by atoms with Gasteiger partial charge in [0, 0.05) is 12.1 Å². The minimum Gasteiger partial charge on any atom is -0.341 e. The lowest BCUT2D eigenvalue weighted by atomic mass is 10.0. The quantitative estimate of drug-likeness (QED) is 0.801. The molecule has 5 nitrogen and oxygen atoms in total. The van der Waals surface area contributed by atoms with Gasteiger partial charge in [-0.05, 0) is 29.2 Å². The maximum atomic E-state index is 12.8. The lowest BCUT2D eigenvalue weighted by Crippen LogP contribution is -2.37. The van der Waals surface area contributed by atoms with Gasteiger partial charge in [0.05, 0.1) is 12.5 Å². The molecular formula is C21H23N3O2. The van der Waals surface area contributed by atoms with Gasteiger partial charge in [-0.25, -0.2) is 0 Å². The zero-order valence-electron chi connectivity index (χ0n) is 15.0. The molecule has 0 spiro atoms. The molecular weight excluding hydrogens is 326 g/mol. The topological polar surface area (TPSA) is 82.0 Å². The van der Waals surface area contributed by atoms with E-state index in [4.69, 9.17) is 5.26 Å². The molecule has 0 aromatic heterocycles. The minimum atomic E-state index is -0.763. The summed E-state index contributed by atoms with van der Waals surface area (Å²) in [5.74, 6) is -0.253. The molecule has 2 N–H and O–H groups in total. The molecule has 5 heteroatoms. The molecule has 1 atom stereocenters. The second kappa shape index (κ2) is 9.38. The molecule has 0 aliphatic heterocycles. The Morgan fingerprint density at radius 2 is 1.69 bits per heavy atom. The average molecular weight is 349 g/mol. The van der Waals surface area contributed by atoms with Crippen molar-refractivity contribution in [3.8, 4) is 6.07 Å². The first-order valence-electron chi connectivity index (χ1n) is 8.60. The summed E-state index contributed by atoms with van der Waals surface area (Å²) in [5, 5.41) is 14.4. The predicted molar refractivity (Wildman–Crippen MR) is 101 cm³/mol. The third-order valence-corrected chi connectivity index (χ3v) is 3.80. The van der Waals surface area contributed by atoms with Crippen LogP contribution in [-0.2, 0) is 16.0 Å². The Labute approximate surface area is 154 Å². The highest BCUT2D eigenvalue weighted by molar-refractivity contribution is 5.97. The van der Waals surface area contributed by atoms with Gasteiger partial charge in [0.1, 0.15) is 6.04 Å². The normalized spacial score (nSPS) is 11.5. The summed E-state index contributed by atoms with van der Waals surface area (Å²) in [6.07, 6.45) is 0.686. The summed E-state index contributed by atoms with van der Waals surface area (Å²) in [7, 11) is 0. The summed E-state index contributed by atoms with van der Waals surface area (Å²) in [6.45, 7) is 3.92. The van der Waals surface area contributed by atoms with Crippen molar-refractivity contribution in [3.63, 3.8) is 0 Å². The van der Waals surface area contributed by atoms with Crippen LogP contribution in [0.4, 0.5) is 5.69 Å². The fraction of sp³-hybridized carbons (Fsp3) is 0.286. The lowest BCUT2D eigenvalue weighted by molar-refractivity contribution is -0.127. The van der Waals surface area contributed by atoms with E-state index in [1.165, 1.54) is 0 Å². The summed E-state index contributed by atoms with van der Waals surface area (Å²) >= 11 is 0. The summed E-state index contributed by atoms with van der Waals surface area (Å²) in [4.78, 5) is 25.0. The molecule has 2 aromatic rings. The number of nitrogens with one attached hydrogen (secondary N) is 2. The van der Waals surface area contributed by atoms with Crippen LogP contribution in [0, 0.1) is 17.2 Å². The van der Waals surface area contributed by atoms with E-state index in [2.05, 4.69) is 16.7 Å². The Balaban J connectivity index is 2.14. The molecule has 0 radical (unpaired) electrons. The van der Waals surface area contributed by atoms with Gasteiger partial charge in [-0.15, -0.1) is 0 Å². The lowest BCUT2D eigenvalue weighted by Gasteiger charge is -2.19. The van der Waals surface area contributed by atoms with Crippen molar-refractivity contribution in [1.82, 2.24) is 5.32 Å².